The van der Waals surface area contributed by atoms with Crippen molar-refractivity contribution in [2.24, 2.45) is 0 Å². The Morgan fingerprint density at radius 3 is 1.03 bits per heavy atom. The molecule has 0 aromatic heterocycles. The van der Waals surface area contributed by atoms with E-state index in [0.717, 1.165) is 89.9 Å². The summed E-state index contributed by atoms with van der Waals surface area (Å²) in [5, 5.41) is 9.64. The standard InChI is InChI=1S/C59H100O5/c1-3-5-7-9-11-13-15-17-19-21-23-25-26-27-28-29-30-31-32-34-36-38-40-42-44-46-48-50-52-54-59(62)64-57(55-60)56-63-58(61)53-51-49-47-45-43-41-39-37-35-33-24-22-20-18-16-14-12-10-8-6-4-2/h5,7,11,13,17,19,22-25,27-28,30-31,34,36,57,60H,3-4,6,8-10,12,14-16,18,20-21,26,29,32-33,35,37-56H2,1-2H3/b7-5-,13-11-,19-17-,24-22-,25-23-,28-27-,31-30-,36-34-. The summed E-state index contributed by atoms with van der Waals surface area (Å²) in [6.45, 7) is 4.03. The summed E-state index contributed by atoms with van der Waals surface area (Å²) in [6.07, 6.45) is 76.4. The third kappa shape index (κ3) is 51.5. The van der Waals surface area contributed by atoms with Crippen molar-refractivity contribution in [3.8, 4) is 0 Å². The molecule has 5 heteroatoms. The van der Waals surface area contributed by atoms with Crippen LogP contribution < -0.4 is 0 Å². The van der Waals surface area contributed by atoms with Crippen molar-refractivity contribution < 1.29 is 24.2 Å². The van der Waals surface area contributed by atoms with Crippen LogP contribution in [0.3, 0.4) is 0 Å². The van der Waals surface area contributed by atoms with Gasteiger partial charge in [0.2, 0.25) is 0 Å². The second-order valence-corrected chi connectivity index (χ2v) is 17.6. The van der Waals surface area contributed by atoms with E-state index in [1.165, 1.54) is 128 Å². The van der Waals surface area contributed by atoms with Crippen molar-refractivity contribution in [3.63, 3.8) is 0 Å². The number of unbranched alkanes of at least 4 members (excludes halogenated alkanes) is 24. The zero-order valence-electron chi connectivity index (χ0n) is 41.8. The highest BCUT2D eigenvalue weighted by Crippen LogP contribution is 2.14. The molecule has 0 aromatic carbocycles. The first-order valence-electron chi connectivity index (χ1n) is 26.8. The molecule has 1 unspecified atom stereocenters. The van der Waals surface area contributed by atoms with Gasteiger partial charge in [-0.15, -0.1) is 0 Å². The second kappa shape index (κ2) is 54.2. The molecule has 1 atom stereocenters. The molecule has 366 valence electrons. The van der Waals surface area contributed by atoms with Gasteiger partial charge in [-0.25, -0.2) is 0 Å². The molecule has 0 aliphatic rings. The summed E-state index contributed by atoms with van der Waals surface area (Å²) >= 11 is 0. The minimum absolute atomic E-state index is 0.0756. The maximum atomic E-state index is 12.3. The summed E-state index contributed by atoms with van der Waals surface area (Å²) in [4.78, 5) is 24.5. The van der Waals surface area contributed by atoms with Gasteiger partial charge in [-0.1, -0.05) is 233 Å². The Kier molecular flexibility index (Phi) is 51.5. The zero-order chi connectivity index (χ0) is 46.3. The van der Waals surface area contributed by atoms with Crippen molar-refractivity contribution >= 4 is 11.9 Å². The number of aliphatic hydroxyl groups is 1. The number of hydrogen-bond donors (Lipinski definition) is 1. The second-order valence-electron chi connectivity index (χ2n) is 17.6. The Hall–Kier alpha value is -3.18. The average Bonchev–Trinajstić information content (AvgIpc) is 3.30. The summed E-state index contributed by atoms with van der Waals surface area (Å²) in [5.74, 6) is -0.606. The van der Waals surface area contributed by atoms with Gasteiger partial charge < -0.3 is 14.6 Å². The van der Waals surface area contributed by atoms with E-state index in [4.69, 9.17) is 9.47 Å². The number of aliphatic hydroxyl groups excluding tert-OH is 1. The number of carbonyl (C=O) groups is 2. The van der Waals surface area contributed by atoms with Crippen LogP contribution in [0, 0.1) is 0 Å². The van der Waals surface area contributed by atoms with Crippen molar-refractivity contribution in [2.45, 2.75) is 251 Å². The molecule has 0 bridgehead atoms. The van der Waals surface area contributed by atoms with E-state index >= 15 is 0 Å². The van der Waals surface area contributed by atoms with Crippen LogP contribution in [-0.4, -0.2) is 36.4 Å². The number of esters is 2. The molecule has 0 amide bonds. The number of allylic oxidation sites excluding steroid dienone is 16. The lowest BCUT2D eigenvalue weighted by molar-refractivity contribution is -0.161. The fourth-order valence-corrected chi connectivity index (χ4v) is 7.35. The minimum atomic E-state index is -0.785. The van der Waals surface area contributed by atoms with Crippen molar-refractivity contribution in [1.29, 1.82) is 0 Å². The molecule has 1 N–H and O–H groups in total. The third-order valence-electron chi connectivity index (χ3n) is 11.4. The van der Waals surface area contributed by atoms with E-state index in [-0.39, 0.29) is 25.2 Å². The van der Waals surface area contributed by atoms with Crippen LogP contribution in [0.15, 0.2) is 97.2 Å². The Morgan fingerprint density at radius 2 is 0.672 bits per heavy atom. The normalized spacial score (nSPS) is 13.0. The fraction of sp³-hybridized carbons (Fsp3) is 0.695. The molecule has 0 fully saturated rings. The number of carbonyl (C=O) groups excluding carboxylic acids is 2. The highest BCUT2D eigenvalue weighted by Gasteiger charge is 2.16. The molecule has 0 saturated heterocycles. The number of ether oxygens (including phenoxy) is 2. The highest BCUT2D eigenvalue weighted by atomic mass is 16.6. The van der Waals surface area contributed by atoms with E-state index in [9.17, 15) is 14.7 Å². The quantitative estimate of drug-likeness (QED) is 0.0374. The summed E-state index contributed by atoms with van der Waals surface area (Å²) in [6, 6.07) is 0. The third-order valence-corrected chi connectivity index (χ3v) is 11.4. The van der Waals surface area contributed by atoms with E-state index in [1.807, 2.05) is 0 Å². The molecular weight excluding hydrogens is 789 g/mol. The van der Waals surface area contributed by atoms with E-state index in [1.54, 1.807) is 0 Å². The van der Waals surface area contributed by atoms with E-state index < -0.39 is 6.10 Å². The van der Waals surface area contributed by atoms with E-state index in [2.05, 4.69) is 111 Å². The molecule has 0 heterocycles. The fourth-order valence-electron chi connectivity index (χ4n) is 7.35. The minimum Gasteiger partial charge on any atom is -0.462 e. The summed E-state index contributed by atoms with van der Waals surface area (Å²) in [5.41, 5.74) is 0. The summed E-state index contributed by atoms with van der Waals surface area (Å²) < 4.78 is 10.7. The molecule has 0 aromatic rings. The van der Waals surface area contributed by atoms with Crippen LogP contribution in [0.5, 0.6) is 0 Å². The molecule has 0 aliphatic carbocycles. The van der Waals surface area contributed by atoms with Gasteiger partial charge in [0.1, 0.15) is 6.61 Å². The van der Waals surface area contributed by atoms with Crippen LogP contribution in [0.2, 0.25) is 0 Å². The largest absolute Gasteiger partial charge is 0.462 e. The lowest BCUT2D eigenvalue weighted by Gasteiger charge is -2.15. The smallest absolute Gasteiger partial charge is 0.306 e. The highest BCUT2D eigenvalue weighted by molar-refractivity contribution is 5.70. The Morgan fingerprint density at radius 1 is 0.375 bits per heavy atom. The molecule has 0 spiro atoms. The lowest BCUT2D eigenvalue weighted by Crippen LogP contribution is -2.28. The Labute approximate surface area is 396 Å². The van der Waals surface area contributed by atoms with Crippen LogP contribution >= 0.6 is 0 Å². The van der Waals surface area contributed by atoms with Gasteiger partial charge in [0.15, 0.2) is 6.10 Å². The average molecular weight is 889 g/mol. The van der Waals surface area contributed by atoms with Gasteiger partial charge in [0, 0.05) is 12.8 Å². The Bertz CT molecular complexity index is 1230. The monoisotopic (exact) mass is 889 g/mol. The first-order valence-corrected chi connectivity index (χ1v) is 26.8. The molecule has 5 nitrogen and oxygen atoms in total. The number of hydrogen-bond acceptors (Lipinski definition) is 5. The molecular formula is C59H100O5. The van der Waals surface area contributed by atoms with Gasteiger partial charge in [-0.3, -0.25) is 9.59 Å². The van der Waals surface area contributed by atoms with Crippen molar-refractivity contribution in [3.05, 3.63) is 97.2 Å². The lowest BCUT2D eigenvalue weighted by atomic mass is 10.1. The van der Waals surface area contributed by atoms with Gasteiger partial charge >= 0.3 is 11.9 Å². The molecule has 0 rings (SSSR count). The molecule has 0 aliphatic heterocycles. The van der Waals surface area contributed by atoms with Crippen LogP contribution in [-0.2, 0) is 19.1 Å². The van der Waals surface area contributed by atoms with Gasteiger partial charge in [0.05, 0.1) is 6.61 Å². The predicted octanol–water partition coefficient (Wildman–Crippen LogP) is 18.0. The summed E-state index contributed by atoms with van der Waals surface area (Å²) in [7, 11) is 0. The van der Waals surface area contributed by atoms with E-state index in [0.29, 0.717) is 12.8 Å². The predicted molar refractivity (Wildman–Crippen MR) is 279 cm³/mol. The van der Waals surface area contributed by atoms with Gasteiger partial charge in [-0.05, 0) is 96.3 Å². The van der Waals surface area contributed by atoms with Crippen LogP contribution in [0.25, 0.3) is 0 Å². The molecule has 0 saturated carbocycles. The van der Waals surface area contributed by atoms with Crippen LogP contribution in [0.4, 0.5) is 0 Å². The first-order chi connectivity index (χ1) is 31.6. The maximum absolute atomic E-state index is 12.3. The topological polar surface area (TPSA) is 72.8 Å². The first kappa shape index (κ1) is 60.8. The Balaban J connectivity index is 3.58. The maximum Gasteiger partial charge on any atom is 0.306 e. The van der Waals surface area contributed by atoms with Crippen molar-refractivity contribution in [1.82, 2.24) is 0 Å². The van der Waals surface area contributed by atoms with Crippen LogP contribution in [0.1, 0.15) is 245 Å². The zero-order valence-corrected chi connectivity index (χ0v) is 41.8. The molecule has 64 heavy (non-hydrogen) atoms. The SMILES string of the molecule is CC/C=C\C/C=C\C/C=C\C/C=C\C/C=C\C/C=C\C/C=C\CCCCCCCCCC(=O)OC(CO)COC(=O)CCCCCCCCCCC/C=C\CCCCCCCCCC. The number of rotatable bonds is 48. The molecule has 0 radical (unpaired) electrons. The van der Waals surface area contributed by atoms with Gasteiger partial charge in [-0.2, -0.15) is 0 Å². The van der Waals surface area contributed by atoms with Gasteiger partial charge in [0.25, 0.3) is 0 Å². The van der Waals surface area contributed by atoms with Crippen molar-refractivity contribution in [2.75, 3.05) is 13.2 Å².